The molecule has 4 heteroatoms. The van der Waals surface area contributed by atoms with Crippen LogP contribution in [0.15, 0.2) is 39.4 Å². The molecule has 1 aromatic heterocycles. The summed E-state index contributed by atoms with van der Waals surface area (Å²) in [7, 11) is 0. The molecule has 0 radical (unpaired) electrons. The van der Waals surface area contributed by atoms with E-state index in [-0.39, 0.29) is 5.78 Å². The average Bonchev–Trinajstić information content (AvgIpc) is 2.64. The molecule has 1 aromatic carbocycles. The van der Waals surface area contributed by atoms with Crippen molar-refractivity contribution in [3.8, 4) is 0 Å². The third kappa shape index (κ3) is 2.02. The van der Waals surface area contributed by atoms with Crippen LogP contribution in [0.25, 0.3) is 0 Å². The van der Waals surface area contributed by atoms with Gasteiger partial charge in [-0.3, -0.25) is 4.79 Å². The van der Waals surface area contributed by atoms with E-state index in [9.17, 15) is 4.79 Å². The van der Waals surface area contributed by atoms with Crippen LogP contribution >= 0.6 is 15.9 Å². The Balaban J connectivity index is 2.41. The van der Waals surface area contributed by atoms with Gasteiger partial charge in [-0.2, -0.15) is 0 Å². The lowest BCUT2D eigenvalue weighted by Gasteiger charge is -2.03. The maximum atomic E-state index is 12.0. The first-order valence-electron chi connectivity index (χ1n) is 4.74. The van der Waals surface area contributed by atoms with Crippen molar-refractivity contribution in [1.82, 2.24) is 0 Å². The van der Waals surface area contributed by atoms with Gasteiger partial charge in [-0.15, -0.1) is 0 Å². The van der Waals surface area contributed by atoms with Crippen LogP contribution in [0.5, 0.6) is 0 Å². The van der Waals surface area contributed by atoms with Crippen LogP contribution < -0.4 is 5.73 Å². The van der Waals surface area contributed by atoms with Crippen molar-refractivity contribution in [2.45, 2.75) is 6.92 Å². The van der Waals surface area contributed by atoms with Crippen molar-refractivity contribution in [3.05, 3.63) is 51.9 Å². The van der Waals surface area contributed by atoms with Crippen molar-refractivity contribution in [2.75, 3.05) is 5.73 Å². The Hall–Kier alpha value is -1.55. The largest absolute Gasteiger partial charge is 0.446 e. The normalized spacial score (nSPS) is 10.4. The molecular formula is C12H10BrNO2. The molecule has 2 rings (SSSR count). The van der Waals surface area contributed by atoms with E-state index in [2.05, 4.69) is 15.9 Å². The summed E-state index contributed by atoms with van der Waals surface area (Å²) in [6.45, 7) is 1.85. The van der Waals surface area contributed by atoms with Crippen LogP contribution in [0.3, 0.4) is 0 Å². The first-order valence-corrected chi connectivity index (χ1v) is 5.53. The Bertz CT molecular complexity index is 546. The molecule has 16 heavy (non-hydrogen) atoms. The Kier molecular flexibility index (Phi) is 2.83. The zero-order chi connectivity index (χ0) is 11.7. The summed E-state index contributed by atoms with van der Waals surface area (Å²) in [4.78, 5) is 12.0. The average molecular weight is 280 g/mol. The standard InChI is InChI=1S/C12H10BrNO2/c1-7-6-8(14)2-3-9(7)12(15)10-4-5-11(13)16-10/h2-6H,14H2,1H3. The minimum absolute atomic E-state index is 0.136. The fourth-order valence-corrected chi connectivity index (χ4v) is 1.82. The molecule has 2 N–H and O–H groups in total. The van der Waals surface area contributed by atoms with Gasteiger partial charge >= 0.3 is 0 Å². The van der Waals surface area contributed by atoms with E-state index in [4.69, 9.17) is 10.2 Å². The molecule has 0 unspecified atom stereocenters. The Labute approximate surface area is 101 Å². The zero-order valence-electron chi connectivity index (χ0n) is 8.66. The lowest BCUT2D eigenvalue weighted by molar-refractivity contribution is 0.101. The van der Waals surface area contributed by atoms with Crippen molar-refractivity contribution in [1.29, 1.82) is 0 Å². The van der Waals surface area contributed by atoms with Crippen LogP contribution in [0.4, 0.5) is 5.69 Å². The summed E-state index contributed by atoms with van der Waals surface area (Å²) in [6.07, 6.45) is 0. The van der Waals surface area contributed by atoms with Gasteiger partial charge in [0, 0.05) is 11.3 Å². The summed E-state index contributed by atoms with van der Waals surface area (Å²) < 4.78 is 5.77. The maximum Gasteiger partial charge on any atom is 0.228 e. The fraction of sp³-hybridized carbons (Fsp3) is 0.0833. The topological polar surface area (TPSA) is 56.2 Å². The van der Waals surface area contributed by atoms with Gasteiger partial charge in [0.25, 0.3) is 0 Å². The van der Waals surface area contributed by atoms with Crippen LogP contribution in [-0.2, 0) is 0 Å². The Morgan fingerprint density at radius 1 is 1.31 bits per heavy atom. The number of carbonyl (C=O) groups is 1. The molecule has 0 spiro atoms. The second kappa shape index (κ2) is 4.14. The van der Waals surface area contributed by atoms with Gasteiger partial charge in [-0.05, 0) is 58.7 Å². The van der Waals surface area contributed by atoms with E-state index in [1.54, 1.807) is 30.3 Å². The SMILES string of the molecule is Cc1cc(N)ccc1C(=O)c1ccc(Br)o1. The molecule has 3 nitrogen and oxygen atoms in total. The summed E-state index contributed by atoms with van der Waals surface area (Å²) in [5.74, 6) is 0.183. The molecule has 0 fully saturated rings. The predicted molar refractivity (Wildman–Crippen MR) is 65.4 cm³/mol. The molecule has 0 aliphatic rings. The predicted octanol–water partition coefficient (Wildman–Crippen LogP) is 3.16. The number of benzene rings is 1. The third-order valence-corrected chi connectivity index (χ3v) is 2.72. The van der Waals surface area contributed by atoms with Crippen LogP contribution in [0.2, 0.25) is 0 Å². The molecule has 0 saturated heterocycles. The number of anilines is 1. The van der Waals surface area contributed by atoms with Crippen molar-refractivity contribution < 1.29 is 9.21 Å². The summed E-state index contributed by atoms with van der Waals surface area (Å²) in [5.41, 5.74) is 7.73. The molecule has 0 bridgehead atoms. The molecular weight excluding hydrogens is 270 g/mol. The minimum Gasteiger partial charge on any atom is -0.446 e. The van der Waals surface area contributed by atoms with E-state index < -0.39 is 0 Å². The zero-order valence-corrected chi connectivity index (χ0v) is 10.2. The molecule has 0 amide bonds. The first-order chi connectivity index (χ1) is 7.58. The van der Waals surface area contributed by atoms with E-state index in [1.165, 1.54) is 0 Å². The van der Waals surface area contributed by atoms with Crippen LogP contribution in [0, 0.1) is 6.92 Å². The quantitative estimate of drug-likeness (QED) is 0.679. The summed E-state index contributed by atoms with van der Waals surface area (Å²) in [6, 6.07) is 8.52. The van der Waals surface area contributed by atoms with Gasteiger partial charge in [-0.1, -0.05) is 0 Å². The van der Waals surface area contributed by atoms with Crippen molar-refractivity contribution in [2.24, 2.45) is 0 Å². The number of carbonyl (C=O) groups excluding carboxylic acids is 1. The maximum absolute atomic E-state index is 12.0. The first kappa shape index (κ1) is 11.0. The number of halogens is 1. The van der Waals surface area contributed by atoms with Gasteiger partial charge in [0.05, 0.1) is 0 Å². The number of rotatable bonds is 2. The summed E-state index contributed by atoms with van der Waals surface area (Å²) >= 11 is 3.16. The van der Waals surface area contributed by atoms with E-state index in [1.807, 2.05) is 6.92 Å². The number of aryl methyl sites for hydroxylation is 1. The minimum atomic E-state index is -0.136. The van der Waals surface area contributed by atoms with Crippen LogP contribution in [0.1, 0.15) is 21.7 Å². The lowest BCUT2D eigenvalue weighted by Crippen LogP contribution is -2.02. The number of nitrogen functional groups attached to an aromatic ring is 1. The fourth-order valence-electron chi connectivity index (χ4n) is 1.51. The molecule has 0 aliphatic heterocycles. The van der Waals surface area contributed by atoms with Crippen molar-refractivity contribution in [3.63, 3.8) is 0 Å². The van der Waals surface area contributed by atoms with Gasteiger partial charge < -0.3 is 10.2 Å². The van der Waals surface area contributed by atoms with Crippen molar-refractivity contribution >= 4 is 27.4 Å². The highest BCUT2D eigenvalue weighted by atomic mass is 79.9. The second-order valence-electron chi connectivity index (χ2n) is 3.51. The van der Waals surface area contributed by atoms with E-state index in [0.29, 0.717) is 21.7 Å². The molecule has 0 saturated carbocycles. The number of nitrogens with two attached hydrogens (primary N) is 1. The smallest absolute Gasteiger partial charge is 0.228 e. The van der Waals surface area contributed by atoms with Gasteiger partial charge in [-0.25, -0.2) is 0 Å². The number of hydrogen-bond acceptors (Lipinski definition) is 3. The molecule has 1 heterocycles. The highest BCUT2D eigenvalue weighted by Crippen LogP contribution is 2.20. The number of hydrogen-bond donors (Lipinski definition) is 1. The monoisotopic (exact) mass is 279 g/mol. The van der Waals surface area contributed by atoms with E-state index in [0.717, 1.165) is 5.56 Å². The molecule has 2 aromatic rings. The van der Waals surface area contributed by atoms with E-state index >= 15 is 0 Å². The Morgan fingerprint density at radius 3 is 2.62 bits per heavy atom. The second-order valence-corrected chi connectivity index (χ2v) is 4.29. The summed E-state index contributed by atoms with van der Waals surface area (Å²) in [5, 5.41) is 0. The molecule has 0 aliphatic carbocycles. The van der Waals surface area contributed by atoms with Crippen LogP contribution in [-0.4, -0.2) is 5.78 Å². The number of ketones is 1. The lowest BCUT2D eigenvalue weighted by atomic mass is 10.0. The molecule has 0 atom stereocenters. The highest BCUT2D eigenvalue weighted by Gasteiger charge is 2.15. The van der Waals surface area contributed by atoms with Gasteiger partial charge in [0.1, 0.15) is 0 Å². The van der Waals surface area contributed by atoms with Gasteiger partial charge in [0.15, 0.2) is 10.4 Å². The highest BCUT2D eigenvalue weighted by molar-refractivity contribution is 9.10. The molecule has 82 valence electrons. The van der Waals surface area contributed by atoms with Gasteiger partial charge in [0.2, 0.25) is 5.78 Å². The number of furan rings is 1. The Morgan fingerprint density at radius 2 is 2.06 bits per heavy atom. The third-order valence-electron chi connectivity index (χ3n) is 2.29.